The Labute approximate surface area is 160 Å². The van der Waals surface area contributed by atoms with E-state index >= 15 is 0 Å². The molecule has 0 saturated carbocycles. The van der Waals surface area contributed by atoms with E-state index in [1.807, 2.05) is 11.9 Å². The zero-order chi connectivity index (χ0) is 20.3. The first-order chi connectivity index (χ1) is 13.4. The molecule has 0 spiro atoms. The van der Waals surface area contributed by atoms with Crippen molar-refractivity contribution >= 4 is 29.3 Å². The number of nitro groups is 2. The van der Waals surface area contributed by atoms with Gasteiger partial charge in [-0.25, -0.2) is 0 Å². The van der Waals surface area contributed by atoms with E-state index in [4.69, 9.17) is 0 Å². The zero-order valence-electron chi connectivity index (χ0n) is 15.1. The molecule has 0 radical (unpaired) electrons. The third-order valence-electron chi connectivity index (χ3n) is 4.39. The van der Waals surface area contributed by atoms with Gasteiger partial charge in [-0.05, 0) is 31.3 Å². The van der Waals surface area contributed by atoms with E-state index in [0.29, 0.717) is 35.4 Å². The molecule has 0 bridgehead atoms. The molecule has 1 saturated heterocycles. The zero-order valence-corrected chi connectivity index (χ0v) is 15.1. The van der Waals surface area contributed by atoms with Crippen molar-refractivity contribution in [1.82, 2.24) is 4.90 Å². The lowest BCUT2D eigenvalue weighted by molar-refractivity contribution is -0.385. The van der Waals surface area contributed by atoms with E-state index in [-0.39, 0.29) is 17.2 Å². The lowest BCUT2D eigenvalue weighted by atomic mass is 9.94. The first kappa shape index (κ1) is 19.1. The van der Waals surface area contributed by atoms with Gasteiger partial charge in [0.25, 0.3) is 11.4 Å². The first-order valence-electron chi connectivity index (χ1n) is 8.48. The van der Waals surface area contributed by atoms with Crippen molar-refractivity contribution in [3.05, 3.63) is 91.0 Å². The molecule has 142 valence electrons. The third kappa shape index (κ3) is 4.02. The summed E-state index contributed by atoms with van der Waals surface area (Å²) in [6.07, 6.45) is 3.03. The van der Waals surface area contributed by atoms with Gasteiger partial charge >= 0.3 is 0 Å². The maximum atomic E-state index is 12.9. The minimum Gasteiger partial charge on any atom is -0.298 e. The van der Waals surface area contributed by atoms with E-state index in [2.05, 4.69) is 0 Å². The van der Waals surface area contributed by atoms with Crippen molar-refractivity contribution in [3.8, 4) is 0 Å². The van der Waals surface area contributed by atoms with Gasteiger partial charge in [0.1, 0.15) is 0 Å². The molecule has 1 heterocycles. The van der Waals surface area contributed by atoms with E-state index in [9.17, 15) is 25.0 Å². The summed E-state index contributed by atoms with van der Waals surface area (Å²) in [5, 5.41) is 22.4. The van der Waals surface area contributed by atoms with Crippen molar-refractivity contribution in [2.75, 3.05) is 20.1 Å². The second-order valence-electron chi connectivity index (χ2n) is 6.47. The topological polar surface area (TPSA) is 107 Å². The van der Waals surface area contributed by atoms with E-state index in [1.165, 1.54) is 24.3 Å². The van der Waals surface area contributed by atoms with Crippen molar-refractivity contribution < 1.29 is 14.6 Å². The van der Waals surface area contributed by atoms with Gasteiger partial charge in [-0.2, -0.15) is 0 Å². The van der Waals surface area contributed by atoms with Gasteiger partial charge in [-0.3, -0.25) is 29.9 Å². The molecule has 0 N–H and O–H groups in total. The molecular formula is C20H17N3O5. The molecule has 28 heavy (non-hydrogen) atoms. The number of carbonyl (C=O) groups excluding carboxylic acids is 1. The van der Waals surface area contributed by atoms with Crippen molar-refractivity contribution in [3.63, 3.8) is 0 Å². The molecule has 3 rings (SSSR count). The maximum absolute atomic E-state index is 12.9. The minimum absolute atomic E-state index is 0.0831. The van der Waals surface area contributed by atoms with Gasteiger partial charge in [-0.15, -0.1) is 0 Å². The van der Waals surface area contributed by atoms with Crippen LogP contribution in [0.3, 0.4) is 0 Å². The Bertz CT molecular complexity index is 947. The number of hydrogen-bond donors (Lipinski definition) is 0. The number of Topliss-reactive ketones (excluding diaryl/α,β-unsaturated/α-hetero) is 1. The summed E-state index contributed by atoms with van der Waals surface area (Å²) in [5.74, 6) is -0.269. The fourth-order valence-corrected chi connectivity index (χ4v) is 3.14. The summed E-state index contributed by atoms with van der Waals surface area (Å²) < 4.78 is 0. The average molecular weight is 379 g/mol. The van der Waals surface area contributed by atoms with Crippen LogP contribution < -0.4 is 0 Å². The lowest BCUT2D eigenvalue weighted by Gasteiger charge is -2.26. The van der Waals surface area contributed by atoms with E-state index in [1.54, 1.807) is 36.4 Å². The van der Waals surface area contributed by atoms with Gasteiger partial charge in [0.05, 0.1) is 21.0 Å². The van der Waals surface area contributed by atoms with Crippen LogP contribution in [0.4, 0.5) is 11.4 Å². The Morgan fingerprint density at radius 1 is 0.821 bits per heavy atom. The van der Waals surface area contributed by atoms with E-state index < -0.39 is 9.85 Å². The molecule has 0 amide bonds. The number of carbonyl (C=O) groups is 1. The predicted molar refractivity (Wildman–Crippen MR) is 105 cm³/mol. The van der Waals surface area contributed by atoms with Crippen LogP contribution in [-0.4, -0.2) is 40.7 Å². The summed E-state index contributed by atoms with van der Waals surface area (Å²) in [7, 11) is 1.81. The molecule has 1 fully saturated rings. The van der Waals surface area contributed by atoms with Gasteiger partial charge in [0, 0.05) is 36.4 Å². The quantitative estimate of drug-likeness (QED) is 0.457. The van der Waals surface area contributed by atoms with Crippen LogP contribution >= 0.6 is 0 Å². The van der Waals surface area contributed by atoms with Crippen LogP contribution in [0.15, 0.2) is 59.7 Å². The van der Waals surface area contributed by atoms with Gasteiger partial charge < -0.3 is 0 Å². The highest BCUT2D eigenvalue weighted by Crippen LogP contribution is 2.27. The van der Waals surface area contributed by atoms with Crippen LogP contribution in [0, 0.1) is 20.2 Å². The number of likely N-dealkylation sites (tertiary alicyclic amines) is 1. The number of piperidine rings is 1. The van der Waals surface area contributed by atoms with Gasteiger partial charge in [-0.1, -0.05) is 24.3 Å². The van der Waals surface area contributed by atoms with Crippen molar-refractivity contribution in [2.45, 2.75) is 0 Å². The van der Waals surface area contributed by atoms with Crippen molar-refractivity contribution in [2.24, 2.45) is 0 Å². The van der Waals surface area contributed by atoms with Crippen LogP contribution in [0.25, 0.3) is 12.2 Å². The Morgan fingerprint density at radius 3 is 1.61 bits per heavy atom. The molecular weight excluding hydrogens is 362 g/mol. The first-order valence-corrected chi connectivity index (χ1v) is 8.48. The number of likely N-dealkylation sites (N-methyl/N-ethyl adjacent to an activating group) is 1. The van der Waals surface area contributed by atoms with Crippen LogP contribution in [-0.2, 0) is 4.79 Å². The summed E-state index contributed by atoms with van der Waals surface area (Å²) in [5.41, 5.74) is 1.31. The summed E-state index contributed by atoms with van der Waals surface area (Å²) >= 11 is 0. The second-order valence-corrected chi connectivity index (χ2v) is 6.47. The van der Waals surface area contributed by atoms with Crippen LogP contribution in [0.5, 0.6) is 0 Å². The van der Waals surface area contributed by atoms with Crippen LogP contribution in [0.1, 0.15) is 11.1 Å². The number of ketones is 1. The average Bonchev–Trinajstić information content (AvgIpc) is 2.66. The molecule has 0 atom stereocenters. The minimum atomic E-state index is -0.493. The third-order valence-corrected chi connectivity index (χ3v) is 4.39. The molecule has 2 aromatic carbocycles. The highest BCUT2D eigenvalue weighted by molar-refractivity contribution is 6.15. The smallest absolute Gasteiger partial charge is 0.276 e. The summed E-state index contributed by atoms with van der Waals surface area (Å²) in [6, 6.07) is 12.4. The largest absolute Gasteiger partial charge is 0.298 e. The second kappa shape index (κ2) is 7.93. The normalized spacial score (nSPS) is 17.8. The molecule has 0 unspecified atom stereocenters. The number of rotatable bonds is 4. The molecule has 8 heteroatoms. The number of benzene rings is 2. The fourth-order valence-electron chi connectivity index (χ4n) is 3.14. The number of hydrogen-bond acceptors (Lipinski definition) is 6. The fraction of sp³-hybridized carbons (Fsp3) is 0.150. The monoisotopic (exact) mass is 379 g/mol. The van der Waals surface area contributed by atoms with Crippen LogP contribution in [0.2, 0.25) is 0 Å². The Kier molecular flexibility index (Phi) is 5.42. The van der Waals surface area contributed by atoms with Gasteiger partial charge in [0.15, 0.2) is 5.78 Å². The number of nitro benzene ring substituents is 2. The number of nitrogens with zero attached hydrogens (tertiary/aromatic N) is 3. The standard InChI is InChI=1S/C20H17N3O5/c1-21-12-16(10-14-6-2-4-8-18(14)22(25)26)20(24)17(13-21)11-15-7-3-5-9-19(15)23(27)28/h2-11H,12-13H2,1H3/b16-10+,17-11+. The molecule has 0 aliphatic carbocycles. The highest BCUT2D eigenvalue weighted by atomic mass is 16.6. The Balaban J connectivity index is 2.03. The Hall–Kier alpha value is -3.65. The van der Waals surface area contributed by atoms with Crippen molar-refractivity contribution in [1.29, 1.82) is 0 Å². The SMILES string of the molecule is CN1C/C(=C\c2ccccc2[N+](=O)[O-])C(=O)/C(=C/c2ccccc2[N+](=O)[O-])C1. The van der Waals surface area contributed by atoms with E-state index in [0.717, 1.165) is 0 Å². The lowest BCUT2D eigenvalue weighted by Crippen LogP contribution is -2.34. The summed E-state index contributed by atoms with van der Waals surface area (Å²) in [6.45, 7) is 0.665. The summed E-state index contributed by atoms with van der Waals surface area (Å²) in [4.78, 5) is 36.3. The maximum Gasteiger partial charge on any atom is 0.276 e. The number of para-hydroxylation sites is 2. The molecule has 0 aromatic heterocycles. The van der Waals surface area contributed by atoms with Gasteiger partial charge in [0.2, 0.25) is 0 Å². The molecule has 1 aliphatic rings. The molecule has 8 nitrogen and oxygen atoms in total. The molecule has 2 aromatic rings. The predicted octanol–water partition coefficient (Wildman–Crippen LogP) is 3.48. The Morgan fingerprint density at radius 2 is 1.21 bits per heavy atom. The molecule has 1 aliphatic heterocycles. The highest BCUT2D eigenvalue weighted by Gasteiger charge is 2.26.